The van der Waals surface area contributed by atoms with Gasteiger partial charge in [-0.2, -0.15) is 0 Å². The summed E-state index contributed by atoms with van der Waals surface area (Å²) in [4.78, 5) is 0. The van der Waals surface area contributed by atoms with Gasteiger partial charge in [0.25, 0.3) is 0 Å². The quantitative estimate of drug-likeness (QED) is 0.761. The second-order valence-electron chi connectivity index (χ2n) is 4.40. The van der Waals surface area contributed by atoms with E-state index in [0.717, 1.165) is 11.5 Å². The Balaban J connectivity index is 1.70. The molecule has 0 amide bonds. The van der Waals surface area contributed by atoms with Crippen molar-refractivity contribution in [1.29, 1.82) is 0 Å². The van der Waals surface area contributed by atoms with Crippen molar-refractivity contribution in [1.82, 2.24) is 19.9 Å². The van der Waals surface area contributed by atoms with Crippen LogP contribution in [0.5, 0.6) is 5.75 Å². The maximum Gasteiger partial charge on any atom is 0.165 e. The first kappa shape index (κ1) is 12.6. The van der Waals surface area contributed by atoms with Crippen molar-refractivity contribution in [3.8, 4) is 5.75 Å². The number of fused-ring (bicyclic) bond motifs is 1. The van der Waals surface area contributed by atoms with Gasteiger partial charge in [0.05, 0.1) is 6.54 Å². The molecule has 5 nitrogen and oxygen atoms in total. The lowest BCUT2D eigenvalue weighted by Gasteiger charge is -2.06. The highest BCUT2D eigenvalue weighted by Crippen LogP contribution is 2.20. The summed E-state index contributed by atoms with van der Waals surface area (Å²) in [5.74, 6) is -0.167. The highest BCUT2D eigenvalue weighted by Gasteiger charge is 2.07. The van der Waals surface area contributed by atoms with Crippen molar-refractivity contribution < 1.29 is 9.50 Å². The predicted octanol–water partition coefficient (Wildman–Crippen LogP) is 1.86. The van der Waals surface area contributed by atoms with Crippen LogP contribution >= 0.6 is 0 Å². The van der Waals surface area contributed by atoms with Crippen molar-refractivity contribution >= 4 is 5.65 Å². The number of rotatable bonds is 4. The van der Waals surface area contributed by atoms with Gasteiger partial charge >= 0.3 is 0 Å². The third kappa shape index (κ3) is 2.33. The van der Waals surface area contributed by atoms with Gasteiger partial charge in [0, 0.05) is 18.3 Å². The molecule has 0 aliphatic carbocycles. The molecule has 2 heterocycles. The van der Waals surface area contributed by atoms with Gasteiger partial charge < -0.3 is 10.4 Å². The monoisotopic (exact) mass is 272 g/mol. The SMILES string of the molecule is Oc1c(F)cccc1CNCc1nnc2ccccn12. The summed E-state index contributed by atoms with van der Waals surface area (Å²) in [6, 6.07) is 10.1. The van der Waals surface area contributed by atoms with Gasteiger partial charge in [-0.15, -0.1) is 10.2 Å². The van der Waals surface area contributed by atoms with E-state index >= 15 is 0 Å². The molecule has 1 aromatic carbocycles. The van der Waals surface area contributed by atoms with Crippen LogP contribution in [0.25, 0.3) is 5.65 Å². The molecule has 102 valence electrons. The van der Waals surface area contributed by atoms with Crippen molar-refractivity contribution in [2.24, 2.45) is 0 Å². The largest absolute Gasteiger partial charge is 0.505 e. The Labute approximate surface area is 114 Å². The third-order valence-corrected chi connectivity index (χ3v) is 3.05. The minimum Gasteiger partial charge on any atom is -0.505 e. The number of hydrogen-bond acceptors (Lipinski definition) is 4. The molecular weight excluding hydrogens is 259 g/mol. The molecule has 6 heteroatoms. The topological polar surface area (TPSA) is 62.5 Å². The summed E-state index contributed by atoms with van der Waals surface area (Å²) >= 11 is 0. The van der Waals surface area contributed by atoms with Crippen LogP contribution in [-0.2, 0) is 13.1 Å². The molecule has 0 aliphatic heterocycles. The smallest absolute Gasteiger partial charge is 0.165 e. The number of aromatic hydroxyl groups is 1. The van der Waals surface area contributed by atoms with Crippen molar-refractivity contribution in [3.05, 3.63) is 59.8 Å². The fraction of sp³-hybridized carbons (Fsp3) is 0.143. The van der Waals surface area contributed by atoms with Crippen LogP contribution in [0.2, 0.25) is 0 Å². The molecule has 0 atom stereocenters. The lowest BCUT2D eigenvalue weighted by Crippen LogP contribution is -2.15. The highest BCUT2D eigenvalue weighted by atomic mass is 19.1. The number of nitrogens with zero attached hydrogens (tertiary/aromatic N) is 3. The van der Waals surface area contributed by atoms with Gasteiger partial charge in [-0.05, 0) is 18.2 Å². The first-order valence-corrected chi connectivity index (χ1v) is 6.21. The van der Waals surface area contributed by atoms with E-state index in [2.05, 4.69) is 15.5 Å². The fourth-order valence-electron chi connectivity index (χ4n) is 2.02. The highest BCUT2D eigenvalue weighted by molar-refractivity contribution is 5.37. The Morgan fingerprint density at radius 1 is 1.10 bits per heavy atom. The number of hydrogen-bond donors (Lipinski definition) is 2. The van der Waals surface area contributed by atoms with Crippen LogP contribution in [0.4, 0.5) is 4.39 Å². The summed E-state index contributed by atoms with van der Waals surface area (Å²) in [6.07, 6.45) is 1.88. The molecule has 20 heavy (non-hydrogen) atoms. The molecule has 2 aromatic heterocycles. The van der Waals surface area contributed by atoms with E-state index in [1.54, 1.807) is 12.1 Å². The van der Waals surface area contributed by atoms with Crippen molar-refractivity contribution in [2.45, 2.75) is 13.1 Å². The van der Waals surface area contributed by atoms with Crippen molar-refractivity contribution in [2.75, 3.05) is 0 Å². The molecule has 0 saturated carbocycles. The zero-order chi connectivity index (χ0) is 13.9. The average Bonchev–Trinajstić information content (AvgIpc) is 2.87. The summed E-state index contributed by atoms with van der Waals surface area (Å²) in [5.41, 5.74) is 1.29. The third-order valence-electron chi connectivity index (χ3n) is 3.05. The normalized spacial score (nSPS) is 11.1. The van der Waals surface area contributed by atoms with Gasteiger partial charge in [-0.1, -0.05) is 18.2 Å². The maximum atomic E-state index is 13.2. The van der Waals surface area contributed by atoms with Crippen molar-refractivity contribution in [3.63, 3.8) is 0 Å². The molecule has 3 aromatic rings. The van der Waals surface area contributed by atoms with Gasteiger partial charge in [-0.25, -0.2) is 4.39 Å². The molecule has 0 aliphatic rings. The second kappa shape index (κ2) is 5.26. The lowest BCUT2D eigenvalue weighted by molar-refractivity contribution is 0.423. The van der Waals surface area contributed by atoms with Crippen LogP contribution in [0.15, 0.2) is 42.6 Å². The Morgan fingerprint density at radius 2 is 2.00 bits per heavy atom. The number of para-hydroxylation sites is 1. The van der Waals surface area contributed by atoms with E-state index < -0.39 is 5.82 Å². The summed E-state index contributed by atoms with van der Waals surface area (Å²) < 4.78 is 15.1. The molecule has 0 unspecified atom stereocenters. The van der Waals surface area contributed by atoms with E-state index in [1.165, 1.54) is 6.07 Å². The average molecular weight is 272 g/mol. The van der Waals surface area contributed by atoms with Gasteiger partial charge in [0.15, 0.2) is 23.0 Å². The number of aromatic nitrogens is 3. The Kier molecular flexibility index (Phi) is 3.30. The van der Waals surface area contributed by atoms with E-state index in [1.807, 2.05) is 28.8 Å². The molecule has 3 rings (SSSR count). The fourth-order valence-corrected chi connectivity index (χ4v) is 2.02. The Hall–Kier alpha value is -2.47. The second-order valence-corrected chi connectivity index (χ2v) is 4.40. The van der Waals surface area contributed by atoms with Crippen LogP contribution in [0.3, 0.4) is 0 Å². The first-order valence-electron chi connectivity index (χ1n) is 6.21. The molecule has 0 fully saturated rings. The Bertz CT molecular complexity index is 741. The zero-order valence-corrected chi connectivity index (χ0v) is 10.6. The molecular formula is C14H13FN4O. The van der Waals surface area contributed by atoms with E-state index in [9.17, 15) is 9.50 Å². The minimum atomic E-state index is -0.614. The summed E-state index contributed by atoms with van der Waals surface area (Å²) in [6.45, 7) is 0.826. The molecule has 0 radical (unpaired) electrons. The van der Waals surface area contributed by atoms with E-state index in [-0.39, 0.29) is 5.75 Å². The van der Waals surface area contributed by atoms with Gasteiger partial charge in [0.1, 0.15) is 0 Å². The lowest BCUT2D eigenvalue weighted by atomic mass is 10.2. The standard InChI is InChI=1S/C14H13FN4O/c15-11-5-3-4-10(14(11)20)8-16-9-13-18-17-12-6-1-2-7-19(12)13/h1-7,16,20H,8-9H2. The van der Waals surface area contributed by atoms with E-state index in [0.29, 0.717) is 18.7 Å². The minimum absolute atomic E-state index is 0.314. The summed E-state index contributed by atoms with van der Waals surface area (Å²) in [5, 5.41) is 20.8. The number of phenols is 1. The molecule has 0 bridgehead atoms. The van der Waals surface area contributed by atoms with Crippen LogP contribution in [0.1, 0.15) is 11.4 Å². The van der Waals surface area contributed by atoms with Crippen LogP contribution < -0.4 is 5.32 Å². The number of halogens is 1. The van der Waals surface area contributed by atoms with Gasteiger partial charge in [0.2, 0.25) is 0 Å². The number of nitrogens with one attached hydrogen (secondary N) is 1. The van der Waals surface area contributed by atoms with Crippen LogP contribution in [-0.4, -0.2) is 19.7 Å². The van der Waals surface area contributed by atoms with E-state index in [4.69, 9.17) is 0 Å². The number of phenolic OH excluding ortho intramolecular Hbond substituents is 1. The molecule has 2 N–H and O–H groups in total. The Morgan fingerprint density at radius 3 is 2.90 bits per heavy atom. The molecule has 0 spiro atoms. The predicted molar refractivity (Wildman–Crippen MR) is 71.6 cm³/mol. The summed E-state index contributed by atoms with van der Waals surface area (Å²) in [7, 11) is 0. The van der Waals surface area contributed by atoms with Crippen LogP contribution in [0, 0.1) is 5.82 Å². The maximum absolute atomic E-state index is 13.2. The molecule has 0 saturated heterocycles. The number of pyridine rings is 1. The number of benzene rings is 1. The van der Waals surface area contributed by atoms with Gasteiger partial charge in [-0.3, -0.25) is 4.40 Å². The first-order chi connectivity index (χ1) is 9.75. The zero-order valence-electron chi connectivity index (χ0n) is 10.6.